The lowest BCUT2D eigenvalue weighted by atomic mass is 9.98. The second-order valence-corrected chi connectivity index (χ2v) is 4.30. The van der Waals surface area contributed by atoms with Gasteiger partial charge in [0.05, 0.1) is 5.57 Å². The molecule has 0 fully saturated rings. The van der Waals surface area contributed by atoms with Gasteiger partial charge in [0.15, 0.2) is 5.78 Å². The normalized spacial score (nSPS) is 17.1. The minimum atomic E-state index is -1.22. The highest BCUT2D eigenvalue weighted by Crippen LogP contribution is 2.29. The molecule has 0 spiro atoms. The predicted molar refractivity (Wildman–Crippen MR) is 71.8 cm³/mol. The fraction of sp³-hybridized carbons (Fsp3) is 0.0625. The van der Waals surface area contributed by atoms with Crippen LogP contribution in [-0.4, -0.2) is 17.2 Å². The molecule has 1 atom stereocenters. The summed E-state index contributed by atoms with van der Waals surface area (Å²) in [5.74, 6) is 0.363. The van der Waals surface area contributed by atoms with E-state index < -0.39 is 6.29 Å². The van der Waals surface area contributed by atoms with Crippen LogP contribution in [0.5, 0.6) is 5.75 Å². The molecule has 0 saturated carbocycles. The number of para-hydroxylation sites is 1. The molecule has 3 nitrogen and oxygen atoms in total. The molecule has 2 aromatic rings. The smallest absolute Gasteiger partial charge is 0.228 e. The van der Waals surface area contributed by atoms with Gasteiger partial charge in [0.25, 0.3) is 0 Å². The van der Waals surface area contributed by atoms with Gasteiger partial charge in [-0.25, -0.2) is 0 Å². The zero-order valence-electron chi connectivity index (χ0n) is 10.1. The lowest BCUT2D eigenvalue weighted by Crippen LogP contribution is -2.26. The maximum absolute atomic E-state index is 12.3. The number of ketones is 1. The minimum absolute atomic E-state index is 0.220. The van der Waals surface area contributed by atoms with Crippen molar-refractivity contribution in [1.82, 2.24) is 0 Å². The molecule has 94 valence electrons. The highest BCUT2D eigenvalue weighted by molar-refractivity contribution is 6.12. The van der Waals surface area contributed by atoms with Crippen molar-refractivity contribution in [3.05, 3.63) is 71.3 Å². The molecule has 0 radical (unpaired) electrons. The summed E-state index contributed by atoms with van der Waals surface area (Å²) in [4.78, 5) is 12.3. The van der Waals surface area contributed by atoms with E-state index in [4.69, 9.17) is 4.74 Å². The first-order valence-electron chi connectivity index (χ1n) is 6.01. The Balaban J connectivity index is 2.02. The second kappa shape index (κ2) is 4.71. The molecule has 1 heterocycles. The van der Waals surface area contributed by atoms with Crippen LogP contribution in [0.4, 0.5) is 0 Å². The van der Waals surface area contributed by atoms with E-state index in [2.05, 4.69) is 0 Å². The van der Waals surface area contributed by atoms with Gasteiger partial charge >= 0.3 is 0 Å². The summed E-state index contributed by atoms with van der Waals surface area (Å²) in [6, 6.07) is 16.2. The molecular weight excluding hydrogens is 240 g/mol. The van der Waals surface area contributed by atoms with Crippen molar-refractivity contribution in [3.63, 3.8) is 0 Å². The van der Waals surface area contributed by atoms with E-state index >= 15 is 0 Å². The number of rotatable bonds is 2. The fourth-order valence-electron chi connectivity index (χ4n) is 2.06. The van der Waals surface area contributed by atoms with Crippen LogP contribution in [0.25, 0.3) is 6.08 Å². The Bertz CT molecular complexity index is 644. The Morgan fingerprint density at radius 1 is 1.00 bits per heavy atom. The molecular formula is C16H12O3. The van der Waals surface area contributed by atoms with Crippen LogP contribution in [0.2, 0.25) is 0 Å². The van der Waals surface area contributed by atoms with Gasteiger partial charge in [0.1, 0.15) is 5.75 Å². The molecule has 2 aromatic carbocycles. The predicted octanol–water partition coefficient (Wildman–Crippen LogP) is 2.66. The molecule has 1 unspecified atom stereocenters. The van der Waals surface area contributed by atoms with E-state index in [1.807, 2.05) is 24.3 Å². The molecule has 0 saturated heterocycles. The van der Waals surface area contributed by atoms with Gasteiger partial charge in [0.2, 0.25) is 6.29 Å². The van der Waals surface area contributed by atoms with Crippen molar-refractivity contribution in [2.45, 2.75) is 6.29 Å². The Labute approximate surface area is 110 Å². The molecule has 19 heavy (non-hydrogen) atoms. The van der Waals surface area contributed by atoms with Crippen LogP contribution in [0.15, 0.2) is 60.2 Å². The number of benzene rings is 2. The van der Waals surface area contributed by atoms with Crippen molar-refractivity contribution < 1.29 is 14.6 Å². The van der Waals surface area contributed by atoms with Crippen LogP contribution in [0, 0.1) is 0 Å². The average Bonchev–Trinajstić information content (AvgIpc) is 2.47. The number of ether oxygens (including phenoxy) is 1. The summed E-state index contributed by atoms with van der Waals surface area (Å²) in [6.45, 7) is 0. The summed E-state index contributed by atoms with van der Waals surface area (Å²) in [5.41, 5.74) is 1.59. The third kappa shape index (κ3) is 2.16. The standard InChI is InChI=1S/C16H12O3/c17-15(11-6-2-1-3-7-11)13-10-12-8-4-5-9-14(12)19-16(13)18/h1-10,16,18H. The van der Waals surface area contributed by atoms with Crippen LogP contribution >= 0.6 is 0 Å². The number of carbonyl (C=O) groups is 1. The molecule has 3 heteroatoms. The van der Waals surface area contributed by atoms with Gasteiger partial charge in [-0.15, -0.1) is 0 Å². The number of aliphatic hydroxyl groups excluding tert-OH is 1. The number of carbonyl (C=O) groups excluding carboxylic acids is 1. The number of Topliss-reactive ketones (excluding diaryl/α,β-unsaturated/α-hetero) is 1. The van der Waals surface area contributed by atoms with Crippen LogP contribution in [0.3, 0.4) is 0 Å². The zero-order valence-corrected chi connectivity index (χ0v) is 10.1. The van der Waals surface area contributed by atoms with E-state index in [0.29, 0.717) is 11.3 Å². The number of aliphatic hydroxyl groups is 1. The van der Waals surface area contributed by atoms with E-state index in [9.17, 15) is 9.90 Å². The van der Waals surface area contributed by atoms with E-state index in [1.54, 1.807) is 36.4 Å². The lowest BCUT2D eigenvalue weighted by Gasteiger charge is -2.22. The lowest BCUT2D eigenvalue weighted by molar-refractivity contribution is 0.0123. The second-order valence-electron chi connectivity index (χ2n) is 4.30. The SMILES string of the molecule is O=C(C1=Cc2ccccc2OC1O)c1ccccc1. The number of hydrogen-bond acceptors (Lipinski definition) is 3. The van der Waals surface area contributed by atoms with E-state index in [-0.39, 0.29) is 11.4 Å². The molecule has 0 aliphatic carbocycles. The molecule has 1 N–H and O–H groups in total. The minimum Gasteiger partial charge on any atom is -0.460 e. The monoisotopic (exact) mass is 252 g/mol. The maximum Gasteiger partial charge on any atom is 0.228 e. The highest BCUT2D eigenvalue weighted by Gasteiger charge is 2.26. The quantitative estimate of drug-likeness (QED) is 0.836. The highest BCUT2D eigenvalue weighted by atomic mass is 16.6. The molecule has 0 amide bonds. The summed E-state index contributed by atoms with van der Waals surface area (Å²) >= 11 is 0. The van der Waals surface area contributed by atoms with Crippen molar-refractivity contribution in [2.75, 3.05) is 0 Å². The topological polar surface area (TPSA) is 46.5 Å². The fourth-order valence-corrected chi connectivity index (χ4v) is 2.06. The van der Waals surface area contributed by atoms with Crippen molar-refractivity contribution in [3.8, 4) is 5.75 Å². The number of fused-ring (bicyclic) bond motifs is 1. The molecule has 0 bridgehead atoms. The Hall–Kier alpha value is -2.39. The van der Waals surface area contributed by atoms with E-state index in [0.717, 1.165) is 5.56 Å². The van der Waals surface area contributed by atoms with Gasteiger partial charge in [0, 0.05) is 11.1 Å². The molecule has 1 aliphatic rings. The zero-order chi connectivity index (χ0) is 13.2. The van der Waals surface area contributed by atoms with Gasteiger partial charge in [-0.1, -0.05) is 48.5 Å². The molecule has 3 rings (SSSR count). The van der Waals surface area contributed by atoms with Gasteiger partial charge in [-0.3, -0.25) is 4.79 Å². The van der Waals surface area contributed by atoms with Gasteiger partial charge < -0.3 is 9.84 Å². The first kappa shape index (κ1) is 11.7. The van der Waals surface area contributed by atoms with Crippen molar-refractivity contribution >= 4 is 11.9 Å². The first-order chi connectivity index (χ1) is 9.25. The van der Waals surface area contributed by atoms with Gasteiger partial charge in [-0.2, -0.15) is 0 Å². The molecule has 1 aliphatic heterocycles. The summed E-state index contributed by atoms with van der Waals surface area (Å²) in [5, 5.41) is 9.94. The largest absolute Gasteiger partial charge is 0.460 e. The van der Waals surface area contributed by atoms with E-state index in [1.165, 1.54) is 0 Å². The summed E-state index contributed by atoms with van der Waals surface area (Å²) in [7, 11) is 0. The summed E-state index contributed by atoms with van der Waals surface area (Å²) < 4.78 is 5.35. The third-order valence-electron chi connectivity index (χ3n) is 3.03. The Kier molecular flexibility index (Phi) is 2.89. The first-order valence-corrected chi connectivity index (χ1v) is 6.01. The Morgan fingerprint density at radius 2 is 1.68 bits per heavy atom. The van der Waals surface area contributed by atoms with Gasteiger partial charge in [-0.05, 0) is 12.1 Å². The van der Waals surface area contributed by atoms with Crippen LogP contribution in [-0.2, 0) is 0 Å². The Morgan fingerprint density at radius 3 is 2.47 bits per heavy atom. The van der Waals surface area contributed by atoms with Crippen LogP contribution < -0.4 is 4.74 Å². The molecule has 0 aromatic heterocycles. The third-order valence-corrected chi connectivity index (χ3v) is 3.03. The van der Waals surface area contributed by atoms with Crippen molar-refractivity contribution in [1.29, 1.82) is 0 Å². The maximum atomic E-state index is 12.3. The average molecular weight is 252 g/mol. The van der Waals surface area contributed by atoms with Crippen molar-refractivity contribution in [2.24, 2.45) is 0 Å². The number of hydrogen-bond donors (Lipinski definition) is 1. The summed E-state index contributed by atoms with van der Waals surface area (Å²) in [6.07, 6.45) is 0.460. The van der Waals surface area contributed by atoms with Crippen LogP contribution in [0.1, 0.15) is 15.9 Å².